The molecule has 100 valence electrons. The Morgan fingerprint density at radius 2 is 2.11 bits per heavy atom. The van der Waals surface area contributed by atoms with Gasteiger partial charge in [-0.15, -0.1) is 0 Å². The lowest BCUT2D eigenvalue weighted by atomic mass is 10.2. The van der Waals surface area contributed by atoms with Crippen LogP contribution in [0.2, 0.25) is 5.02 Å². The molecule has 0 atom stereocenters. The van der Waals surface area contributed by atoms with E-state index in [4.69, 9.17) is 17.3 Å². The Morgan fingerprint density at radius 1 is 1.50 bits per heavy atom. The van der Waals surface area contributed by atoms with Crippen LogP contribution in [0.5, 0.6) is 0 Å². The van der Waals surface area contributed by atoms with Gasteiger partial charge in [-0.3, -0.25) is 9.52 Å². The Kier molecular flexibility index (Phi) is 4.42. The van der Waals surface area contributed by atoms with Crippen molar-refractivity contribution in [3.05, 3.63) is 22.7 Å². The van der Waals surface area contributed by atoms with E-state index in [9.17, 15) is 13.2 Å². The van der Waals surface area contributed by atoms with Crippen LogP contribution < -0.4 is 10.5 Å². The highest BCUT2D eigenvalue weighted by molar-refractivity contribution is 7.93. The molecule has 0 unspecified atom stereocenters. The second-order valence-electron chi connectivity index (χ2n) is 3.63. The van der Waals surface area contributed by atoms with E-state index < -0.39 is 21.7 Å². The second-order valence-corrected chi connectivity index (χ2v) is 5.76. The Morgan fingerprint density at radius 3 is 2.67 bits per heavy atom. The number of ether oxygens (including phenoxy) is 1. The number of carbonyl (C=O) groups is 1. The monoisotopic (exact) mass is 292 g/mol. The zero-order valence-corrected chi connectivity index (χ0v) is 11.4. The molecule has 0 bridgehead atoms. The lowest BCUT2D eigenvalue weighted by molar-refractivity contribution is -0.137. The molecule has 1 rings (SSSR count). The minimum absolute atomic E-state index is 0.233. The number of nitrogens with one attached hydrogen (secondary N) is 1. The summed E-state index contributed by atoms with van der Waals surface area (Å²) < 4.78 is 29.8. The number of esters is 1. The molecular formula is C10H13ClN2O4S. The Hall–Kier alpha value is -1.47. The first-order chi connectivity index (χ1) is 8.25. The molecule has 3 N–H and O–H groups in total. The Bertz CT molecular complexity index is 571. The summed E-state index contributed by atoms with van der Waals surface area (Å²) >= 11 is 5.80. The van der Waals surface area contributed by atoms with Gasteiger partial charge in [0.25, 0.3) is 0 Å². The van der Waals surface area contributed by atoms with Gasteiger partial charge in [0.15, 0.2) is 5.75 Å². The van der Waals surface area contributed by atoms with Gasteiger partial charge in [0.1, 0.15) is 0 Å². The van der Waals surface area contributed by atoms with Crippen molar-refractivity contribution in [3.8, 4) is 0 Å². The van der Waals surface area contributed by atoms with E-state index >= 15 is 0 Å². The third kappa shape index (κ3) is 3.78. The molecule has 18 heavy (non-hydrogen) atoms. The van der Waals surface area contributed by atoms with Gasteiger partial charge in [-0.05, 0) is 24.6 Å². The van der Waals surface area contributed by atoms with Crippen LogP contribution in [0.4, 0.5) is 11.4 Å². The van der Waals surface area contributed by atoms with Gasteiger partial charge in [-0.1, -0.05) is 11.6 Å². The van der Waals surface area contributed by atoms with E-state index in [1.165, 1.54) is 6.07 Å². The zero-order valence-electron chi connectivity index (χ0n) is 9.86. The van der Waals surface area contributed by atoms with Crippen LogP contribution >= 0.6 is 11.6 Å². The molecule has 0 radical (unpaired) electrons. The minimum Gasteiger partial charge on any atom is -0.468 e. The molecule has 0 aliphatic rings. The van der Waals surface area contributed by atoms with E-state index in [0.29, 0.717) is 11.3 Å². The summed E-state index contributed by atoms with van der Waals surface area (Å²) in [6.07, 6.45) is 0. The van der Waals surface area contributed by atoms with Gasteiger partial charge in [-0.25, -0.2) is 8.42 Å². The molecule has 8 heteroatoms. The predicted molar refractivity (Wildman–Crippen MR) is 70.0 cm³/mol. The van der Waals surface area contributed by atoms with E-state index in [2.05, 4.69) is 9.46 Å². The highest BCUT2D eigenvalue weighted by Gasteiger charge is 2.18. The summed E-state index contributed by atoms with van der Waals surface area (Å²) in [7, 11) is -2.71. The molecule has 1 aromatic carbocycles. The predicted octanol–water partition coefficient (Wildman–Crippen LogP) is 1.15. The average Bonchev–Trinajstić information content (AvgIpc) is 2.24. The maximum absolute atomic E-state index is 11.6. The number of sulfonamides is 1. The highest BCUT2D eigenvalue weighted by atomic mass is 35.5. The quantitative estimate of drug-likeness (QED) is 0.640. The normalized spacial score (nSPS) is 11.1. The summed E-state index contributed by atoms with van der Waals surface area (Å²) in [6.45, 7) is 1.67. The van der Waals surface area contributed by atoms with Crippen LogP contribution in [0.1, 0.15) is 5.56 Å². The number of carbonyl (C=O) groups excluding carboxylic acids is 1. The number of methoxy groups -OCH3 is 1. The largest absolute Gasteiger partial charge is 0.468 e. The van der Waals surface area contributed by atoms with Crippen LogP contribution in [0.15, 0.2) is 12.1 Å². The van der Waals surface area contributed by atoms with Gasteiger partial charge >= 0.3 is 5.97 Å². The van der Waals surface area contributed by atoms with Crippen LogP contribution in [0, 0.1) is 6.92 Å². The summed E-state index contributed by atoms with van der Waals surface area (Å²) in [5, 5.41) is 0.233. The van der Waals surface area contributed by atoms with Crippen molar-refractivity contribution in [3.63, 3.8) is 0 Å². The molecule has 1 aromatic rings. The van der Waals surface area contributed by atoms with Crippen LogP contribution in [-0.2, 0) is 19.6 Å². The summed E-state index contributed by atoms with van der Waals surface area (Å²) in [5.74, 6) is -1.60. The summed E-state index contributed by atoms with van der Waals surface area (Å²) in [5.41, 5.74) is 6.80. The number of nitrogens with two attached hydrogens (primary N) is 1. The van der Waals surface area contributed by atoms with Gasteiger partial charge in [-0.2, -0.15) is 0 Å². The SMILES string of the molecule is COC(=O)CS(=O)(=O)Nc1cc(Cl)c(N)cc1C. The van der Waals surface area contributed by atoms with E-state index in [-0.39, 0.29) is 10.7 Å². The smallest absolute Gasteiger partial charge is 0.322 e. The first-order valence-corrected chi connectivity index (χ1v) is 6.91. The molecule has 0 heterocycles. The molecule has 0 aliphatic heterocycles. The standard InChI is InChI=1S/C10H13ClN2O4S/c1-6-3-8(12)7(11)4-9(6)13-18(15,16)5-10(14)17-2/h3-4,13H,5,12H2,1-2H3. The number of aryl methyl sites for hydroxylation is 1. The fraction of sp³-hybridized carbons (Fsp3) is 0.300. The maximum Gasteiger partial charge on any atom is 0.322 e. The first kappa shape index (κ1) is 14.6. The molecule has 0 aliphatic carbocycles. The van der Waals surface area contributed by atoms with Crippen molar-refractivity contribution in [2.45, 2.75) is 6.92 Å². The van der Waals surface area contributed by atoms with Gasteiger partial charge in [0.2, 0.25) is 10.0 Å². The molecule has 0 aromatic heterocycles. The second kappa shape index (κ2) is 5.45. The number of hydrogen-bond acceptors (Lipinski definition) is 5. The van der Waals surface area contributed by atoms with Gasteiger partial charge in [0.05, 0.1) is 23.5 Å². The molecule has 0 saturated carbocycles. The number of anilines is 2. The van der Waals surface area contributed by atoms with Crippen molar-refractivity contribution in [2.75, 3.05) is 23.3 Å². The number of benzene rings is 1. The topological polar surface area (TPSA) is 98.5 Å². The van der Waals surface area contributed by atoms with Crippen molar-refractivity contribution in [1.82, 2.24) is 0 Å². The lowest BCUT2D eigenvalue weighted by Gasteiger charge is -2.11. The third-order valence-corrected chi connectivity index (χ3v) is 3.62. The zero-order chi connectivity index (χ0) is 13.9. The van der Waals surface area contributed by atoms with E-state index in [0.717, 1.165) is 7.11 Å². The molecule has 6 nitrogen and oxygen atoms in total. The summed E-state index contributed by atoms with van der Waals surface area (Å²) in [6, 6.07) is 2.93. The average molecular weight is 293 g/mol. The Balaban J connectivity index is 2.98. The Labute approximate surface area is 110 Å². The number of nitrogen functional groups attached to an aromatic ring is 1. The lowest BCUT2D eigenvalue weighted by Crippen LogP contribution is -2.24. The molecule has 0 amide bonds. The van der Waals surface area contributed by atoms with Crippen molar-refractivity contribution >= 4 is 39.0 Å². The van der Waals surface area contributed by atoms with Crippen molar-refractivity contribution in [2.24, 2.45) is 0 Å². The third-order valence-electron chi connectivity index (χ3n) is 2.14. The fourth-order valence-electron chi connectivity index (χ4n) is 1.23. The summed E-state index contributed by atoms with van der Waals surface area (Å²) in [4.78, 5) is 10.9. The van der Waals surface area contributed by atoms with Gasteiger partial charge in [0, 0.05) is 0 Å². The van der Waals surface area contributed by atoms with Crippen LogP contribution in [-0.4, -0.2) is 27.2 Å². The van der Waals surface area contributed by atoms with Crippen molar-refractivity contribution in [1.29, 1.82) is 0 Å². The molecule has 0 spiro atoms. The van der Waals surface area contributed by atoms with Crippen LogP contribution in [0.25, 0.3) is 0 Å². The molecule has 0 fully saturated rings. The van der Waals surface area contributed by atoms with Crippen LogP contribution in [0.3, 0.4) is 0 Å². The van der Waals surface area contributed by atoms with Gasteiger partial charge < -0.3 is 10.5 Å². The maximum atomic E-state index is 11.6. The highest BCUT2D eigenvalue weighted by Crippen LogP contribution is 2.27. The number of halogens is 1. The number of hydrogen-bond donors (Lipinski definition) is 2. The van der Waals surface area contributed by atoms with Crippen molar-refractivity contribution < 1.29 is 17.9 Å². The van der Waals surface area contributed by atoms with E-state index in [1.807, 2.05) is 0 Å². The number of rotatable bonds is 4. The molecule has 0 saturated heterocycles. The fourth-order valence-corrected chi connectivity index (χ4v) is 2.45. The minimum atomic E-state index is -3.82. The first-order valence-electron chi connectivity index (χ1n) is 4.88. The molecular weight excluding hydrogens is 280 g/mol. The van der Waals surface area contributed by atoms with E-state index in [1.54, 1.807) is 13.0 Å².